The molecule has 0 radical (unpaired) electrons. The molecule has 4 rings (SSSR count). The van der Waals surface area contributed by atoms with Crippen LogP contribution in [0.15, 0.2) is 54.7 Å². The van der Waals surface area contributed by atoms with E-state index in [1.54, 1.807) is 0 Å². The second-order valence-electron chi connectivity index (χ2n) is 5.20. The Morgan fingerprint density at radius 1 is 1.00 bits per heavy atom. The normalized spacial score (nSPS) is 17.8. The Labute approximate surface area is 116 Å². The van der Waals surface area contributed by atoms with Gasteiger partial charge in [0.25, 0.3) is 5.91 Å². The Morgan fingerprint density at radius 2 is 1.75 bits per heavy atom. The van der Waals surface area contributed by atoms with Crippen molar-refractivity contribution in [3.05, 3.63) is 71.4 Å². The number of carbonyl (C=O) groups is 1. The van der Waals surface area contributed by atoms with Crippen LogP contribution in [0.4, 0.5) is 0 Å². The third-order valence-corrected chi connectivity index (χ3v) is 4.11. The number of H-pyrrole nitrogens is 1. The molecule has 1 aliphatic rings. The summed E-state index contributed by atoms with van der Waals surface area (Å²) in [6.07, 6.45) is 2.02. The summed E-state index contributed by atoms with van der Waals surface area (Å²) in [5.74, 6) is 0.0934. The first-order chi connectivity index (χ1) is 9.77. The van der Waals surface area contributed by atoms with Gasteiger partial charge >= 0.3 is 0 Å². The van der Waals surface area contributed by atoms with Crippen LogP contribution in [0.2, 0.25) is 0 Å². The Morgan fingerprint density at radius 3 is 2.65 bits per heavy atom. The molecular weight excluding hydrogens is 248 g/mol. The number of para-hydroxylation sites is 1. The Bertz CT molecular complexity index is 818. The average molecular weight is 262 g/mol. The number of hydrogen-bond acceptors (Lipinski definition) is 1. The van der Waals surface area contributed by atoms with Crippen LogP contribution in [-0.2, 0) is 0 Å². The van der Waals surface area contributed by atoms with Gasteiger partial charge in [-0.05, 0) is 17.7 Å². The van der Waals surface area contributed by atoms with E-state index in [2.05, 4.69) is 17.1 Å². The maximum atomic E-state index is 12.4. The van der Waals surface area contributed by atoms with Crippen LogP contribution in [0.25, 0.3) is 10.9 Å². The SMILES string of the molecule is CN1C(=O)c2ccccc2C1c1c[nH]c2ccccc12. The molecule has 1 atom stereocenters. The molecule has 0 aliphatic carbocycles. The van der Waals surface area contributed by atoms with Gasteiger partial charge in [0, 0.05) is 35.3 Å². The lowest BCUT2D eigenvalue weighted by atomic mass is 9.98. The van der Waals surface area contributed by atoms with Crippen molar-refractivity contribution >= 4 is 16.8 Å². The molecular formula is C17H14N2O. The molecule has 3 aromatic rings. The summed E-state index contributed by atoms with van der Waals surface area (Å²) in [7, 11) is 1.87. The molecule has 98 valence electrons. The molecule has 0 spiro atoms. The van der Waals surface area contributed by atoms with Gasteiger partial charge in [-0.25, -0.2) is 0 Å². The van der Waals surface area contributed by atoms with E-state index >= 15 is 0 Å². The fourth-order valence-electron chi connectivity index (χ4n) is 3.14. The molecule has 0 saturated carbocycles. The number of nitrogens with one attached hydrogen (secondary N) is 1. The average Bonchev–Trinajstić information content (AvgIpc) is 3.01. The van der Waals surface area contributed by atoms with Gasteiger partial charge in [-0.3, -0.25) is 4.79 Å². The van der Waals surface area contributed by atoms with Gasteiger partial charge < -0.3 is 9.88 Å². The molecule has 3 nitrogen and oxygen atoms in total. The summed E-state index contributed by atoms with van der Waals surface area (Å²) >= 11 is 0. The van der Waals surface area contributed by atoms with E-state index in [-0.39, 0.29) is 11.9 Å². The fourth-order valence-corrected chi connectivity index (χ4v) is 3.14. The summed E-state index contributed by atoms with van der Waals surface area (Å²) in [5.41, 5.74) is 4.16. The van der Waals surface area contributed by atoms with Crippen LogP contribution >= 0.6 is 0 Å². The molecule has 1 aliphatic heterocycles. The lowest BCUT2D eigenvalue weighted by molar-refractivity contribution is 0.0794. The number of nitrogens with zero attached hydrogens (tertiary/aromatic N) is 1. The Balaban J connectivity index is 1.97. The van der Waals surface area contributed by atoms with Crippen molar-refractivity contribution in [2.24, 2.45) is 0 Å². The van der Waals surface area contributed by atoms with E-state index in [9.17, 15) is 4.79 Å². The van der Waals surface area contributed by atoms with E-state index in [0.29, 0.717) is 0 Å². The third-order valence-electron chi connectivity index (χ3n) is 4.11. The number of aromatic nitrogens is 1. The molecule has 1 aromatic heterocycles. The largest absolute Gasteiger partial charge is 0.361 e. The van der Waals surface area contributed by atoms with Gasteiger partial charge in [0.2, 0.25) is 0 Å². The van der Waals surface area contributed by atoms with Crippen molar-refractivity contribution in [1.29, 1.82) is 0 Å². The molecule has 0 saturated heterocycles. The van der Waals surface area contributed by atoms with Crippen LogP contribution in [0.3, 0.4) is 0 Å². The predicted octanol–water partition coefficient (Wildman–Crippen LogP) is 3.34. The van der Waals surface area contributed by atoms with E-state index in [4.69, 9.17) is 0 Å². The van der Waals surface area contributed by atoms with Gasteiger partial charge in [0.1, 0.15) is 0 Å². The second-order valence-corrected chi connectivity index (χ2v) is 5.20. The van der Waals surface area contributed by atoms with Gasteiger partial charge in [0.15, 0.2) is 0 Å². The highest BCUT2D eigenvalue weighted by atomic mass is 16.2. The molecule has 1 unspecified atom stereocenters. The first kappa shape index (κ1) is 11.3. The van der Waals surface area contributed by atoms with Crippen LogP contribution in [0.1, 0.15) is 27.5 Å². The Hall–Kier alpha value is -2.55. The highest BCUT2D eigenvalue weighted by Gasteiger charge is 2.35. The van der Waals surface area contributed by atoms with Gasteiger partial charge in [-0.15, -0.1) is 0 Å². The number of carbonyl (C=O) groups excluding carboxylic acids is 1. The topological polar surface area (TPSA) is 36.1 Å². The first-order valence-corrected chi connectivity index (χ1v) is 6.69. The minimum atomic E-state index is -0.00477. The summed E-state index contributed by atoms with van der Waals surface area (Å²) in [6, 6.07) is 16.1. The zero-order valence-electron chi connectivity index (χ0n) is 11.1. The van der Waals surface area contributed by atoms with Crippen molar-refractivity contribution in [2.75, 3.05) is 7.05 Å². The maximum Gasteiger partial charge on any atom is 0.254 e. The molecule has 1 N–H and O–H groups in total. The van der Waals surface area contributed by atoms with Crippen molar-refractivity contribution in [3.8, 4) is 0 Å². The van der Waals surface area contributed by atoms with Crippen molar-refractivity contribution < 1.29 is 4.79 Å². The standard InChI is InChI=1S/C17H14N2O/c1-19-16(12-7-2-3-8-13(12)17(19)20)14-10-18-15-9-5-4-6-11(14)15/h2-10,16,18H,1H3. The highest BCUT2D eigenvalue weighted by molar-refractivity contribution is 6.00. The molecule has 0 fully saturated rings. The molecule has 2 aromatic carbocycles. The zero-order valence-corrected chi connectivity index (χ0v) is 11.1. The van der Waals surface area contributed by atoms with Crippen LogP contribution < -0.4 is 0 Å². The number of aromatic amines is 1. The van der Waals surface area contributed by atoms with Gasteiger partial charge in [-0.1, -0.05) is 36.4 Å². The van der Waals surface area contributed by atoms with E-state index in [0.717, 1.165) is 22.2 Å². The monoisotopic (exact) mass is 262 g/mol. The van der Waals surface area contributed by atoms with Crippen LogP contribution in [0.5, 0.6) is 0 Å². The predicted molar refractivity (Wildman–Crippen MR) is 78.7 cm³/mol. The number of amides is 1. The fraction of sp³-hybridized carbons (Fsp3) is 0.118. The Kier molecular flexibility index (Phi) is 2.24. The molecule has 3 heteroatoms. The molecule has 20 heavy (non-hydrogen) atoms. The smallest absolute Gasteiger partial charge is 0.254 e. The minimum Gasteiger partial charge on any atom is -0.361 e. The van der Waals surface area contributed by atoms with Crippen molar-refractivity contribution in [3.63, 3.8) is 0 Å². The van der Waals surface area contributed by atoms with Gasteiger partial charge in [-0.2, -0.15) is 0 Å². The first-order valence-electron chi connectivity index (χ1n) is 6.69. The number of hydrogen-bond donors (Lipinski definition) is 1. The second kappa shape index (κ2) is 3.97. The number of fused-ring (bicyclic) bond motifs is 2. The summed E-state index contributed by atoms with van der Waals surface area (Å²) in [4.78, 5) is 17.5. The third kappa shape index (κ3) is 1.37. The number of rotatable bonds is 1. The maximum absolute atomic E-state index is 12.4. The van der Waals surface area contributed by atoms with E-state index < -0.39 is 0 Å². The van der Waals surface area contributed by atoms with Crippen LogP contribution in [0, 0.1) is 0 Å². The number of benzene rings is 2. The van der Waals surface area contributed by atoms with Gasteiger partial charge in [0.05, 0.1) is 6.04 Å². The molecule has 2 heterocycles. The van der Waals surface area contributed by atoms with Crippen LogP contribution in [-0.4, -0.2) is 22.8 Å². The van der Waals surface area contributed by atoms with E-state index in [1.165, 1.54) is 5.39 Å². The molecule has 1 amide bonds. The minimum absolute atomic E-state index is 0.00477. The summed E-state index contributed by atoms with van der Waals surface area (Å²) < 4.78 is 0. The zero-order chi connectivity index (χ0) is 13.7. The lowest BCUT2D eigenvalue weighted by Crippen LogP contribution is -2.23. The lowest BCUT2D eigenvalue weighted by Gasteiger charge is -2.20. The summed E-state index contributed by atoms with van der Waals surface area (Å²) in [5, 5.41) is 1.17. The quantitative estimate of drug-likeness (QED) is 0.717. The summed E-state index contributed by atoms with van der Waals surface area (Å²) in [6.45, 7) is 0. The van der Waals surface area contributed by atoms with E-state index in [1.807, 2.05) is 54.5 Å². The molecule has 0 bridgehead atoms. The van der Waals surface area contributed by atoms with Crippen molar-refractivity contribution in [2.45, 2.75) is 6.04 Å². The highest BCUT2D eigenvalue weighted by Crippen LogP contribution is 2.39. The van der Waals surface area contributed by atoms with Crippen molar-refractivity contribution in [1.82, 2.24) is 9.88 Å².